The lowest BCUT2D eigenvalue weighted by atomic mass is 9.99. The Morgan fingerprint density at radius 1 is 1.25 bits per heavy atom. The number of rotatable bonds is 4. The molecule has 0 radical (unpaired) electrons. The van der Waals surface area contributed by atoms with Crippen LogP contribution in [0.2, 0.25) is 0 Å². The summed E-state index contributed by atoms with van der Waals surface area (Å²) >= 11 is 0. The fourth-order valence-corrected chi connectivity index (χ4v) is 2.49. The molecule has 2 rings (SSSR count). The highest BCUT2D eigenvalue weighted by molar-refractivity contribution is 5.95. The summed E-state index contributed by atoms with van der Waals surface area (Å²) in [6.45, 7) is 2.11. The van der Waals surface area contributed by atoms with Crippen LogP contribution in [-0.2, 0) is 4.79 Å². The molecule has 2 atom stereocenters. The molecule has 5 heteroatoms. The van der Waals surface area contributed by atoms with Gasteiger partial charge >= 0.3 is 0 Å². The van der Waals surface area contributed by atoms with E-state index in [4.69, 9.17) is 9.47 Å². The third-order valence-electron chi connectivity index (χ3n) is 3.58. The zero-order valence-electron chi connectivity index (χ0n) is 12.2. The number of hydrogen-bond donors (Lipinski definition) is 2. The van der Waals surface area contributed by atoms with Crippen molar-refractivity contribution in [3.8, 4) is 11.5 Å². The Labute approximate surface area is 119 Å². The summed E-state index contributed by atoms with van der Waals surface area (Å²) in [5.41, 5.74) is 0.715. The van der Waals surface area contributed by atoms with E-state index in [1.165, 1.54) is 0 Å². The van der Waals surface area contributed by atoms with Gasteiger partial charge in [-0.1, -0.05) is 0 Å². The van der Waals surface area contributed by atoms with Crippen LogP contribution in [0.4, 0.5) is 5.69 Å². The Morgan fingerprint density at radius 2 is 2.00 bits per heavy atom. The Balaban J connectivity index is 2.03. The van der Waals surface area contributed by atoms with Crippen molar-refractivity contribution in [2.24, 2.45) is 0 Å². The lowest BCUT2D eigenvalue weighted by Crippen LogP contribution is -2.47. The van der Waals surface area contributed by atoms with Gasteiger partial charge in [-0.2, -0.15) is 0 Å². The number of amides is 1. The normalized spacial score (nSPS) is 22.1. The van der Waals surface area contributed by atoms with E-state index in [-0.39, 0.29) is 11.9 Å². The minimum absolute atomic E-state index is 0.00349. The Bertz CT molecular complexity index is 476. The third-order valence-corrected chi connectivity index (χ3v) is 3.58. The van der Waals surface area contributed by atoms with Gasteiger partial charge in [-0.25, -0.2) is 0 Å². The first-order valence-electron chi connectivity index (χ1n) is 6.93. The molecule has 1 fully saturated rings. The van der Waals surface area contributed by atoms with Crippen molar-refractivity contribution in [1.29, 1.82) is 0 Å². The number of anilines is 1. The molecular formula is C15H22N2O3. The smallest absolute Gasteiger partial charge is 0.241 e. The Kier molecular flexibility index (Phi) is 4.84. The molecule has 1 aromatic carbocycles. The maximum atomic E-state index is 12.2. The maximum absolute atomic E-state index is 12.2. The van der Waals surface area contributed by atoms with Crippen LogP contribution in [0.3, 0.4) is 0 Å². The lowest BCUT2D eigenvalue weighted by molar-refractivity contribution is -0.118. The molecule has 110 valence electrons. The zero-order chi connectivity index (χ0) is 14.5. The minimum Gasteiger partial charge on any atom is -0.493 e. The average molecular weight is 278 g/mol. The van der Waals surface area contributed by atoms with Gasteiger partial charge in [0.15, 0.2) is 11.5 Å². The predicted octanol–water partition coefficient (Wildman–Crippen LogP) is 2.17. The van der Waals surface area contributed by atoms with E-state index in [0.29, 0.717) is 23.2 Å². The zero-order valence-corrected chi connectivity index (χ0v) is 12.2. The highest BCUT2D eigenvalue weighted by Crippen LogP contribution is 2.29. The summed E-state index contributed by atoms with van der Waals surface area (Å²) in [4.78, 5) is 12.2. The molecule has 5 nitrogen and oxygen atoms in total. The van der Waals surface area contributed by atoms with E-state index in [0.717, 1.165) is 19.3 Å². The van der Waals surface area contributed by atoms with E-state index < -0.39 is 0 Å². The van der Waals surface area contributed by atoms with Crippen LogP contribution < -0.4 is 20.1 Å². The summed E-state index contributed by atoms with van der Waals surface area (Å²) in [7, 11) is 3.16. The highest BCUT2D eigenvalue weighted by atomic mass is 16.5. The van der Waals surface area contributed by atoms with Gasteiger partial charge in [0.1, 0.15) is 0 Å². The van der Waals surface area contributed by atoms with Crippen LogP contribution in [0.5, 0.6) is 11.5 Å². The molecule has 1 heterocycles. The van der Waals surface area contributed by atoms with Crippen LogP contribution in [0.25, 0.3) is 0 Å². The van der Waals surface area contributed by atoms with Crippen molar-refractivity contribution < 1.29 is 14.3 Å². The van der Waals surface area contributed by atoms with E-state index in [9.17, 15) is 4.79 Å². The number of nitrogens with one attached hydrogen (secondary N) is 2. The van der Waals surface area contributed by atoms with E-state index >= 15 is 0 Å². The molecule has 1 amide bonds. The second kappa shape index (κ2) is 6.61. The SMILES string of the molecule is COc1ccc(NC(=O)C2CCCC(C)N2)cc1OC. The van der Waals surface area contributed by atoms with Gasteiger partial charge in [-0.15, -0.1) is 0 Å². The molecule has 0 aromatic heterocycles. The number of carbonyl (C=O) groups excluding carboxylic acids is 1. The molecule has 0 spiro atoms. The number of carbonyl (C=O) groups is 1. The fourth-order valence-electron chi connectivity index (χ4n) is 2.49. The fraction of sp³-hybridized carbons (Fsp3) is 0.533. The molecule has 1 saturated heterocycles. The van der Waals surface area contributed by atoms with E-state index in [2.05, 4.69) is 17.6 Å². The average Bonchev–Trinajstić information content (AvgIpc) is 2.47. The van der Waals surface area contributed by atoms with Gasteiger partial charge in [-0.3, -0.25) is 4.79 Å². The van der Waals surface area contributed by atoms with Crippen molar-refractivity contribution >= 4 is 11.6 Å². The van der Waals surface area contributed by atoms with Crippen molar-refractivity contribution in [2.75, 3.05) is 19.5 Å². The van der Waals surface area contributed by atoms with E-state index in [1.807, 2.05) is 6.07 Å². The van der Waals surface area contributed by atoms with Gasteiger partial charge in [0, 0.05) is 17.8 Å². The van der Waals surface area contributed by atoms with Gasteiger partial charge < -0.3 is 20.1 Å². The van der Waals surface area contributed by atoms with Crippen molar-refractivity contribution in [3.63, 3.8) is 0 Å². The van der Waals surface area contributed by atoms with Gasteiger partial charge in [0.2, 0.25) is 5.91 Å². The van der Waals surface area contributed by atoms with Gasteiger partial charge in [-0.05, 0) is 38.3 Å². The summed E-state index contributed by atoms with van der Waals surface area (Å²) in [5, 5.41) is 6.24. The van der Waals surface area contributed by atoms with Crippen LogP contribution in [0, 0.1) is 0 Å². The Hall–Kier alpha value is -1.75. The quantitative estimate of drug-likeness (QED) is 0.886. The number of benzene rings is 1. The van der Waals surface area contributed by atoms with Crippen LogP contribution in [-0.4, -0.2) is 32.2 Å². The van der Waals surface area contributed by atoms with Gasteiger partial charge in [0.25, 0.3) is 0 Å². The topological polar surface area (TPSA) is 59.6 Å². The molecule has 20 heavy (non-hydrogen) atoms. The molecule has 1 aliphatic heterocycles. The number of methoxy groups -OCH3 is 2. The van der Waals surface area contributed by atoms with Crippen LogP contribution in [0.1, 0.15) is 26.2 Å². The predicted molar refractivity (Wildman–Crippen MR) is 78.4 cm³/mol. The monoisotopic (exact) mass is 278 g/mol. The maximum Gasteiger partial charge on any atom is 0.241 e. The summed E-state index contributed by atoms with van der Waals surface area (Å²) in [5.74, 6) is 1.26. The first-order chi connectivity index (χ1) is 9.63. The molecule has 0 saturated carbocycles. The second-order valence-corrected chi connectivity index (χ2v) is 5.11. The van der Waals surface area contributed by atoms with E-state index in [1.54, 1.807) is 26.4 Å². The summed E-state index contributed by atoms with van der Waals surface area (Å²) in [6.07, 6.45) is 3.09. The van der Waals surface area contributed by atoms with Crippen LogP contribution in [0.15, 0.2) is 18.2 Å². The summed E-state index contributed by atoms with van der Waals surface area (Å²) < 4.78 is 10.4. The largest absolute Gasteiger partial charge is 0.493 e. The Morgan fingerprint density at radius 3 is 2.65 bits per heavy atom. The van der Waals surface area contributed by atoms with Crippen molar-refractivity contribution in [3.05, 3.63) is 18.2 Å². The van der Waals surface area contributed by atoms with Crippen molar-refractivity contribution in [2.45, 2.75) is 38.3 Å². The number of piperidine rings is 1. The molecule has 2 N–H and O–H groups in total. The van der Waals surface area contributed by atoms with Gasteiger partial charge in [0.05, 0.1) is 20.3 Å². The standard InChI is InChI=1S/C15H22N2O3/c1-10-5-4-6-12(16-10)15(18)17-11-7-8-13(19-2)14(9-11)20-3/h7-10,12,16H,4-6H2,1-3H3,(H,17,18). The molecule has 0 aliphatic carbocycles. The first kappa shape index (κ1) is 14.7. The molecule has 2 unspecified atom stereocenters. The van der Waals surface area contributed by atoms with Crippen LogP contribution >= 0.6 is 0 Å². The molecule has 1 aliphatic rings. The highest BCUT2D eigenvalue weighted by Gasteiger charge is 2.24. The third kappa shape index (κ3) is 3.42. The van der Waals surface area contributed by atoms with Crippen molar-refractivity contribution in [1.82, 2.24) is 5.32 Å². The molecule has 1 aromatic rings. The molecule has 0 bridgehead atoms. The number of ether oxygens (including phenoxy) is 2. The summed E-state index contributed by atoms with van der Waals surface area (Å²) in [6, 6.07) is 5.64. The number of hydrogen-bond acceptors (Lipinski definition) is 4. The lowest BCUT2D eigenvalue weighted by Gasteiger charge is -2.27. The molecular weight excluding hydrogens is 256 g/mol. The second-order valence-electron chi connectivity index (χ2n) is 5.11. The first-order valence-corrected chi connectivity index (χ1v) is 6.93. The minimum atomic E-state index is -0.119.